The molecule has 1 amide bonds. The van der Waals surface area contributed by atoms with E-state index in [0.29, 0.717) is 0 Å². The Morgan fingerprint density at radius 3 is 2.52 bits per heavy atom. The maximum atomic E-state index is 13.5. The van der Waals surface area contributed by atoms with Crippen molar-refractivity contribution in [2.75, 3.05) is 11.9 Å². The number of ether oxygens (including phenoxy) is 1. The zero-order valence-electron chi connectivity index (χ0n) is 13.5. The second-order valence-corrected chi connectivity index (χ2v) is 5.61. The van der Waals surface area contributed by atoms with Crippen LogP contribution in [0.4, 0.5) is 23.2 Å². The van der Waals surface area contributed by atoms with E-state index < -0.39 is 36.0 Å². The molecule has 0 saturated carbocycles. The third-order valence-corrected chi connectivity index (χ3v) is 3.53. The van der Waals surface area contributed by atoms with Crippen LogP contribution in [-0.2, 0) is 20.5 Å². The van der Waals surface area contributed by atoms with E-state index in [9.17, 15) is 27.2 Å². The normalized spacial score (nSPS) is 11.4. The number of alkyl halides is 3. The predicted octanol–water partition coefficient (Wildman–Crippen LogP) is 4.69. The molecule has 9 heteroatoms. The third kappa shape index (κ3) is 6.10. The number of hydrogen-bond acceptors (Lipinski definition) is 3. The second kappa shape index (κ2) is 8.68. The van der Waals surface area contributed by atoms with Gasteiger partial charge in [0.25, 0.3) is 5.91 Å². The Hall–Kier alpha value is -2.87. The molecule has 0 fully saturated rings. The molecule has 27 heavy (non-hydrogen) atoms. The number of halogens is 5. The molecule has 2 aromatic carbocycles. The smallest absolute Gasteiger partial charge is 0.416 e. The summed E-state index contributed by atoms with van der Waals surface area (Å²) in [7, 11) is 0. The van der Waals surface area contributed by atoms with E-state index in [1.54, 1.807) is 0 Å². The average Bonchev–Trinajstić information content (AvgIpc) is 2.59. The van der Waals surface area contributed by atoms with E-state index in [2.05, 4.69) is 10.1 Å². The summed E-state index contributed by atoms with van der Waals surface area (Å²) in [5, 5.41) is 2.27. The van der Waals surface area contributed by atoms with Gasteiger partial charge in [-0.3, -0.25) is 4.79 Å². The number of carbonyl (C=O) groups is 2. The number of hydrogen-bond donors (Lipinski definition) is 1. The predicted molar refractivity (Wildman–Crippen MR) is 91.5 cm³/mol. The number of benzene rings is 2. The molecule has 0 aromatic heterocycles. The first kappa shape index (κ1) is 20.4. The second-order valence-electron chi connectivity index (χ2n) is 5.20. The van der Waals surface area contributed by atoms with Crippen LogP contribution < -0.4 is 5.32 Å². The Bertz CT molecular complexity index is 861. The lowest BCUT2D eigenvalue weighted by atomic mass is 10.2. The quantitative estimate of drug-likeness (QED) is 0.449. The van der Waals surface area contributed by atoms with Crippen LogP contribution in [0, 0.1) is 5.82 Å². The lowest BCUT2D eigenvalue weighted by molar-refractivity contribution is -0.142. The van der Waals surface area contributed by atoms with Gasteiger partial charge in [-0.05, 0) is 36.4 Å². The van der Waals surface area contributed by atoms with Gasteiger partial charge in [0.2, 0.25) is 0 Å². The molecule has 0 unspecified atom stereocenters. The van der Waals surface area contributed by atoms with Crippen LogP contribution in [0.15, 0.2) is 48.5 Å². The van der Waals surface area contributed by atoms with Crippen LogP contribution in [0.5, 0.6) is 0 Å². The summed E-state index contributed by atoms with van der Waals surface area (Å²) >= 11 is 5.79. The highest BCUT2D eigenvalue weighted by atomic mass is 35.5. The van der Waals surface area contributed by atoms with E-state index >= 15 is 0 Å². The molecule has 4 nitrogen and oxygen atoms in total. The van der Waals surface area contributed by atoms with Gasteiger partial charge in [0.1, 0.15) is 5.82 Å². The molecule has 142 valence electrons. The molecule has 0 aliphatic rings. The van der Waals surface area contributed by atoms with Crippen molar-refractivity contribution in [3.05, 3.63) is 70.5 Å². The van der Waals surface area contributed by atoms with Crippen molar-refractivity contribution in [2.45, 2.75) is 6.18 Å². The van der Waals surface area contributed by atoms with Crippen LogP contribution in [0.1, 0.15) is 11.1 Å². The van der Waals surface area contributed by atoms with Gasteiger partial charge in [-0.1, -0.05) is 23.7 Å². The minimum absolute atomic E-state index is 0.0236. The van der Waals surface area contributed by atoms with Crippen LogP contribution >= 0.6 is 11.6 Å². The Balaban J connectivity index is 1.90. The molecule has 0 radical (unpaired) electrons. The van der Waals surface area contributed by atoms with Gasteiger partial charge in [0, 0.05) is 17.3 Å². The molecule has 0 spiro atoms. The highest BCUT2D eigenvalue weighted by molar-refractivity contribution is 6.32. The van der Waals surface area contributed by atoms with Crippen molar-refractivity contribution in [2.24, 2.45) is 0 Å². The number of rotatable bonds is 5. The Morgan fingerprint density at radius 1 is 1.15 bits per heavy atom. The van der Waals surface area contributed by atoms with Gasteiger partial charge in [0.15, 0.2) is 6.61 Å². The maximum Gasteiger partial charge on any atom is 0.416 e. The summed E-state index contributed by atoms with van der Waals surface area (Å²) in [4.78, 5) is 23.3. The third-order valence-electron chi connectivity index (χ3n) is 3.20. The van der Waals surface area contributed by atoms with E-state index in [1.807, 2.05) is 0 Å². The van der Waals surface area contributed by atoms with Gasteiger partial charge in [-0.15, -0.1) is 0 Å². The lowest BCUT2D eigenvalue weighted by Crippen LogP contribution is -2.20. The van der Waals surface area contributed by atoms with E-state index in [0.717, 1.165) is 36.4 Å². The molecule has 0 atom stereocenters. The highest BCUT2D eigenvalue weighted by Crippen LogP contribution is 2.30. The zero-order chi connectivity index (χ0) is 20.0. The molecule has 0 aliphatic heterocycles. The standard InChI is InChI=1S/C18H12ClF4NO3/c19-14-5-2-6-15(20)13(14)7-8-17(26)27-10-16(25)24-12-4-1-3-11(9-12)18(21,22)23/h1-9H,10H2,(H,24,25). The van der Waals surface area contributed by atoms with Gasteiger partial charge in [-0.25, -0.2) is 9.18 Å². The Kier molecular flexibility index (Phi) is 6.57. The van der Waals surface area contributed by atoms with Crippen molar-refractivity contribution in [3.8, 4) is 0 Å². The molecule has 0 aliphatic carbocycles. The van der Waals surface area contributed by atoms with Crippen LogP contribution in [0.2, 0.25) is 5.02 Å². The van der Waals surface area contributed by atoms with Crippen molar-refractivity contribution < 1.29 is 31.9 Å². The Labute approximate surface area is 156 Å². The lowest BCUT2D eigenvalue weighted by Gasteiger charge is -2.09. The summed E-state index contributed by atoms with van der Waals surface area (Å²) < 4.78 is 56.0. The van der Waals surface area contributed by atoms with E-state index in [1.165, 1.54) is 18.2 Å². The van der Waals surface area contributed by atoms with Crippen molar-refractivity contribution in [1.29, 1.82) is 0 Å². The SMILES string of the molecule is O=C(COC(=O)C=Cc1c(F)cccc1Cl)Nc1cccc(C(F)(F)F)c1. The largest absolute Gasteiger partial charge is 0.452 e. The van der Waals surface area contributed by atoms with Crippen molar-refractivity contribution in [3.63, 3.8) is 0 Å². The number of carbonyl (C=O) groups excluding carboxylic acids is 2. The number of anilines is 1. The van der Waals surface area contributed by atoms with Gasteiger partial charge in [-0.2, -0.15) is 13.2 Å². The summed E-state index contributed by atoms with van der Waals surface area (Å²) in [5.74, 6) is -2.43. The number of amides is 1. The first-order valence-corrected chi connectivity index (χ1v) is 7.80. The van der Waals surface area contributed by atoms with Crippen LogP contribution in [-0.4, -0.2) is 18.5 Å². The molecular weight excluding hydrogens is 390 g/mol. The first-order valence-electron chi connectivity index (χ1n) is 7.43. The van der Waals surface area contributed by atoms with E-state index in [4.69, 9.17) is 11.6 Å². The summed E-state index contributed by atoms with van der Waals surface area (Å²) in [6.07, 6.45) is -2.58. The number of esters is 1. The molecule has 0 saturated heterocycles. The highest BCUT2D eigenvalue weighted by Gasteiger charge is 2.30. The van der Waals surface area contributed by atoms with Gasteiger partial charge >= 0.3 is 12.1 Å². The van der Waals surface area contributed by atoms with E-state index in [-0.39, 0.29) is 16.3 Å². The monoisotopic (exact) mass is 401 g/mol. The van der Waals surface area contributed by atoms with Gasteiger partial charge < -0.3 is 10.1 Å². The van der Waals surface area contributed by atoms with Gasteiger partial charge in [0.05, 0.1) is 10.6 Å². The first-order chi connectivity index (χ1) is 12.7. The molecule has 0 heterocycles. The van der Waals surface area contributed by atoms with Crippen LogP contribution in [0.25, 0.3) is 6.08 Å². The minimum atomic E-state index is -4.55. The molecular formula is C18H12ClF4NO3. The maximum absolute atomic E-state index is 13.5. The Morgan fingerprint density at radius 2 is 1.85 bits per heavy atom. The molecule has 2 aromatic rings. The fourth-order valence-corrected chi connectivity index (χ4v) is 2.20. The fraction of sp³-hybridized carbons (Fsp3) is 0.111. The minimum Gasteiger partial charge on any atom is -0.452 e. The fourth-order valence-electron chi connectivity index (χ4n) is 1.98. The summed E-state index contributed by atoms with van der Waals surface area (Å²) in [6, 6.07) is 7.97. The topological polar surface area (TPSA) is 55.4 Å². The zero-order valence-corrected chi connectivity index (χ0v) is 14.3. The molecule has 1 N–H and O–H groups in total. The number of nitrogens with one attached hydrogen (secondary N) is 1. The van der Waals surface area contributed by atoms with Crippen molar-refractivity contribution >= 4 is 35.2 Å². The summed E-state index contributed by atoms with van der Waals surface area (Å²) in [5.41, 5.74) is -1.05. The average molecular weight is 402 g/mol. The molecule has 2 rings (SSSR count). The van der Waals surface area contributed by atoms with Crippen molar-refractivity contribution in [1.82, 2.24) is 0 Å². The summed E-state index contributed by atoms with van der Waals surface area (Å²) in [6.45, 7) is -0.732. The molecule has 0 bridgehead atoms. The van der Waals surface area contributed by atoms with Crippen LogP contribution in [0.3, 0.4) is 0 Å².